The van der Waals surface area contributed by atoms with Gasteiger partial charge in [-0.25, -0.2) is 14.3 Å². The number of nitrogens with two attached hydrogens (primary N) is 1. The van der Waals surface area contributed by atoms with Gasteiger partial charge in [-0.2, -0.15) is 4.31 Å². The van der Waals surface area contributed by atoms with Crippen molar-refractivity contribution >= 4 is 15.9 Å². The van der Waals surface area contributed by atoms with Crippen LogP contribution in [0, 0.1) is 0 Å². The minimum atomic E-state index is -3.47. The van der Waals surface area contributed by atoms with Crippen LogP contribution in [0.1, 0.15) is 23.6 Å². The second-order valence-corrected chi connectivity index (χ2v) is 7.25. The van der Waals surface area contributed by atoms with Crippen molar-refractivity contribution in [3.8, 4) is 11.5 Å². The summed E-state index contributed by atoms with van der Waals surface area (Å²) in [6, 6.07) is 2.92. The Bertz CT molecular complexity index is 705. The number of nitrogens with zero attached hydrogens (tertiary/aromatic N) is 1. The van der Waals surface area contributed by atoms with E-state index in [2.05, 4.69) is 0 Å². The first kappa shape index (κ1) is 17.5. The number of ether oxygens (including phenoxy) is 2. The lowest BCUT2D eigenvalue weighted by atomic mass is 9.91. The molecular formula is C14H21N3O5S. The van der Waals surface area contributed by atoms with E-state index in [1.165, 1.54) is 18.5 Å². The lowest BCUT2D eigenvalue weighted by Gasteiger charge is -2.35. The predicted octanol–water partition coefficient (Wildman–Crippen LogP) is -0.0574. The number of nitrogens with one attached hydrogen (secondary N) is 1. The number of rotatable bonds is 5. The standard InChI is InChI=1S/C14H21N3O5S/c1-21-12-6-9-4-5-17(23(3,19)20)11(8-14(18)16-15)10(9)7-13(12)22-2/h6-7,11H,4-5,8,15H2,1-3H3,(H,16,18)/t11-/m0/s1. The van der Waals surface area contributed by atoms with Crippen molar-refractivity contribution in [3.05, 3.63) is 23.3 Å². The number of hydrogen-bond donors (Lipinski definition) is 2. The quantitative estimate of drug-likeness (QED) is 0.440. The summed E-state index contributed by atoms with van der Waals surface area (Å²) in [5.41, 5.74) is 3.70. The Hall–Kier alpha value is -1.84. The Balaban J connectivity index is 2.55. The van der Waals surface area contributed by atoms with Crippen molar-refractivity contribution in [1.29, 1.82) is 0 Å². The molecule has 2 rings (SSSR count). The van der Waals surface area contributed by atoms with Gasteiger partial charge in [-0.05, 0) is 29.7 Å². The highest BCUT2D eigenvalue weighted by Gasteiger charge is 2.35. The number of methoxy groups -OCH3 is 2. The number of fused-ring (bicyclic) bond motifs is 1. The zero-order chi connectivity index (χ0) is 17.2. The molecule has 0 saturated carbocycles. The van der Waals surface area contributed by atoms with Gasteiger partial charge in [-0.15, -0.1) is 0 Å². The van der Waals surface area contributed by atoms with E-state index in [1.807, 2.05) is 11.5 Å². The van der Waals surface area contributed by atoms with Crippen LogP contribution in [0.4, 0.5) is 0 Å². The van der Waals surface area contributed by atoms with Crippen LogP contribution < -0.4 is 20.7 Å². The van der Waals surface area contributed by atoms with E-state index in [9.17, 15) is 13.2 Å². The van der Waals surface area contributed by atoms with Crippen LogP contribution in [-0.2, 0) is 21.2 Å². The van der Waals surface area contributed by atoms with E-state index in [0.717, 1.165) is 17.4 Å². The average Bonchev–Trinajstić information content (AvgIpc) is 2.52. The number of hydrazine groups is 1. The van der Waals surface area contributed by atoms with Gasteiger partial charge in [0.15, 0.2) is 11.5 Å². The summed E-state index contributed by atoms with van der Waals surface area (Å²) < 4.78 is 36.0. The number of sulfonamides is 1. The SMILES string of the molecule is COc1cc2c(cc1OC)[C@H](CC(=O)NN)N(S(C)(=O)=O)CC2. The average molecular weight is 343 g/mol. The van der Waals surface area contributed by atoms with Gasteiger partial charge >= 0.3 is 0 Å². The fourth-order valence-electron chi connectivity index (χ4n) is 2.85. The van der Waals surface area contributed by atoms with Crippen LogP contribution in [-0.4, -0.2) is 45.7 Å². The van der Waals surface area contributed by atoms with E-state index in [4.69, 9.17) is 15.3 Å². The second-order valence-electron chi connectivity index (χ2n) is 5.32. The van der Waals surface area contributed by atoms with Crippen LogP contribution in [0.2, 0.25) is 0 Å². The molecular weight excluding hydrogens is 322 g/mol. The van der Waals surface area contributed by atoms with Gasteiger partial charge in [0, 0.05) is 13.0 Å². The Morgan fingerprint density at radius 3 is 2.48 bits per heavy atom. The number of carbonyl (C=O) groups is 1. The molecule has 1 amide bonds. The van der Waals surface area contributed by atoms with Gasteiger partial charge in [0.05, 0.1) is 26.5 Å². The first-order chi connectivity index (χ1) is 10.8. The Kier molecular flexibility index (Phi) is 5.12. The molecule has 1 heterocycles. The normalized spacial score (nSPS) is 18.2. The van der Waals surface area contributed by atoms with E-state index >= 15 is 0 Å². The third-order valence-electron chi connectivity index (χ3n) is 3.92. The highest BCUT2D eigenvalue weighted by Crippen LogP contribution is 2.40. The van der Waals surface area contributed by atoms with E-state index in [-0.39, 0.29) is 6.42 Å². The van der Waals surface area contributed by atoms with Gasteiger partial charge in [0.25, 0.3) is 0 Å². The zero-order valence-electron chi connectivity index (χ0n) is 13.3. The first-order valence-corrected chi connectivity index (χ1v) is 8.87. The Morgan fingerprint density at radius 2 is 1.96 bits per heavy atom. The molecule has 0 fully saturated rings. The number of hydrogen-bond acceptors (Lipinski definition) is 6. The van der Waals surface area contributed by atoms with Crippen molar-refractivity contribution in [1.82, 2.24) is 9.73 Å². The maximum absolute atomic E-state index is 12.1. The molecule has 0 aromatic heterocycles. The van der Waals surface area contributed by atoms with Gasteiger partial charge in [-0.3, -0.25) is 10.2 Å². The molecule has 0 spiro atoms. The van der Waals surface area contributed by atoms with Crippen molar-refractivity contribution < 1.29 is 22.7 Å². The van der Waals surface area contributed by atoms with Gasteiger partial charge in [0.2, 0.25) is 15.9 Å². The number of amides is 1. The summed E-state index contributed by atoms with van der Waals surface area (Å²) in [6.07, 6.45) is 1.60. The third kappa shape index (κ3) is 3.57. The highest BCUT2D eigenvalue weighted by molar-refractivity contribution is 7.88. The highest BCUT2D eigenvalue weighted by atomic mass is 32.2. The molecule has 0 saturated heterocycles. The molecule has 0 unspecified atom stereocenters. The monoisotopic (exact) mass is 343 g/mol. The van der Waals surface area contributed by atoms with Crippen LogP contribution in [0.5, 0.6) is 11.5 Å². The largest absolute Gasteiger partial charge is 0.493 e. The predicted molar refractivity (Wildman–Crippen MR) is 84.5 cm³/mol. The summed E-state index contributed by atoms with van der Waals surface area (Å²) in [6.45, 7) is 0.295. The molecule has 1 atom stereocenters. The lowest BCUT2D eigenvalue weighted by molar-refractivity contribution is -0.122. The molecule has 1 aliphatic heterocycles. The van der Waals surface area contributed by atoms with Crippen LogP contribution in [0.15, 0.2) is 12.1 Å². The summed E-state index contributed by atoms with van der Waals surface area (Å²) in [5, 5.41) is 0. The zero-order valence-corrected chi connectivity index (χ0v) is 14.1. The van der Waals surface area contributed by atoms with Gasteiger partial charge in [-0.1, -0.05) is 0 Å². The van der Waals surface area contributed by atoms with Crippen LogP contribution in [0.3, 0.4) is 0 Å². The van der Waals surface area contributed by atoms with E-state index in [0.29, 0.717) is 24.5 Å². The molecule has 3 N–H and O–H groups in total. The fourth-order valence-corrected chi connectivity index (χ4v) is 3.92. The fraction of sp³-hybridized carbons (Fsp3) is 0.500. The summed E-state index contributed by atoms with van der Waals surface area (Å²) >= 11 is 0. The Morgan fingerprint density at radius 1 is 1.35 bits per heavy atom. The number of benzene rings is 1. The maximum Gasteiger partial charge on any atom is 0.235 e. The minimum absolute atomic E-state index is 0.0634. The molecule has 23 heavy (non-hydrogen) atoms. The van der Waals surface area contributed by atoms with Crippen LogP contribution in [0.25, 0.3) is 0 Å². The van der Waals surface area contributed by atoms with Gasteiger partial charge < -0.3 is 9.47 Å². The summed E-state index contributed by atoms with van der Waals surface area (Å²) in [4.78, 5) is 11.7. The molecule has 8 nitrogen and oxygen atoms in total. The van der Waals surface area contributed by atoms with Crippen molar-refractivity contribution in [3.63, 3.8) is 0 Å². The molecule has 1 aromatic rings. The van der Waals surface area contributed by atoms with Crippen molar-refractivity contribution in [2.24, 2.45) is 5.84 Å². The molecule has 1 aromatic carbocycles. The smallest absolute Gasteiger partial charge is 0.235 e. The van der Waals surface area contributed by atoms with E-state index in [1.54, 1.807) is 6.07 Å². The molecule has 9 heteroatoms. The summed E-state index contributed by atoms with van der Waals surface area (Å²) in [7, 11) is -0.426. The molecule has 0 aliphatic carbocycles. The topological polar surface area (TPSA) is 111 Å². The maximum atomic E-state index is 12.1. The molecule has 0 radical (unpaired) electrons. The second kappa shape index (κ2) is 6.73. The van der Waals surface area contributed by atoms with Gasteiger partial charge in [0.1, 0.15) is 0 Å². The summed E-state index contributed by atoms with van der Waals surface area (Å²) in [5.74, 6) is 5.77. The molecule has 0 bridgehead atoms. The van der Waals surface area contributed by atoms with Crippen LogP contribution >= 0.6 is 0 Å². The molecule has 128 valence electrons. The third-order valence-corrected chi connectivity index (χ3v) is 5.21. The van der Waals surface area contributed by atoms with E-state index < -0.39 is 22.0 Å². The minimum Gasteiger partial charge on any atom is -0.493 e. The van der Waals surface area contributed by atoms with Crippen molar-refractivity contribution in [2.75, 3.05) is 27.0 Å². The lowest BCUT2D eigenvalue weighted by Crippen LogP contribution is -2.42. The Labute approximate surface area is 135 Å². The first-order valence-electron chi connectivity index (χ1n) is 7.02. The molecule has 1 aliphatic rings. The van der Waals surface area contributed by atoms with Crippen molar-refractivity contribution in [2.45, 2.75) is 18.9 Å². The number of carbonyl (C=O) groups excluding carboxylic acids is 1.